The molecule has 0 aliphatic carbocycles. The van der Waals surface area contributed by atoms with Crippen LogP contribution in [0, 0.1) is 6.92 Å². The summed E-state index contributed by atoms with van der Waals surface area (Å²) in [7, 11) is -2.35. The molecule has 1 aromatic heterocycles. The Balaban J connectivity index is 1.81. The van der Waals surface area contributed by atoms with E-state index in [4.69, 9.17) is 9.47 Å². The molecule has 0 bridgehead atoms. The number of methoxy groups -OCH3 is 1. The molecule has 3 rings (SSSR count). The van der Waals surface area contributed by atoms with Gasteiger partial charge in [-0.25, -0.2) is 8.42 Å². The Morgan fingerprint density at radius 2 is 1.75 bits per heavy atom. The molecule has 8 heteroatoms. The highest BCUT2D eigenvalue weighted by Crippen LogP contribution is 2.27. The van der Waals surface area contributed by atoms with Crippen LogP contribution < -0.4 is 14.2 Å². The van der Waals surface area contributed by atoms with Gasteiger partial charge in [0.15, 0.2) is 0 Å². The number of nitrogens with one attached hydrogen (secondary N) is 1. The van der Waals surface area contributed by atoms with Crippen molar-refractivity contribution in [3.63, 3.8) is 0 Å². The number of aryl methyl sites for hydroxylation is 1. The molecule has 0 saturated heterocycles. The van der Waals surface area contributed by atoms with Crippen molar-refractivity contribution in [1.29, 1.82) is 0 Å². The summed E-state index contributed by atoms with van der Waals surface area (Å²) in [5.74, 6) is 0.752. The molecular formula is C20H21N3O4S. The molecule has 0 saturated carbocycles. The Bertz CT molecular complexity index is 1050. The number of hydrogen-bond donors (Lipinski definition) is 1. The molecule has 0 fully saturated rings. The van der Waals surface area contributed by atoms with E-state index in [9.17, 15) is 8.42 Å². The van der Waals surface area contributed by atoms with Gasteiger partial charge in [-0.1, -0.05) is 18.2 Å². The second-order valence-electron chi connectivity index (χ2n) is 6.03. The normalized spacial score (nSPS) is 11.1. The summed E-state index contributed by atoms with van der Waals surface area (Å²) >= 11 is 0. The van der Waals surface area contributed by atoms with E-state index in [1.54, 1.807) is 54.6 Å². The molecule has 0 aliphatic heterocycles. The molecule has 3 aromatic rings. The van der Waals surface area contributed by atoms with Gasteiger partial charge in [0.1, 0.15) is 10.6 Å². The van der Waals surface area contributed by atoms with Gasteiger partial charge in [0.05, 0.1) is 19.4 Å². The van der Waals surface area contributed by atoms with E-state index in [1.165, 1.54) is 7.11 Å². The minimum atomic E-state index is -3.79. The van der Waals surface area contributed by atoms with E-state index >= 15 is 0 Å². The van der Waals surface area contributed by atoms with Crippen LogP contribution in [0.3, 0.4) is 0 Å². The van der Waals surface area contributed by atoms with Crippen LogP contribution in [0.25, 0.3) is 11.3 Å². The Labute approximate surface area is 164 Å². The standard InChI is InChI=1S/C20H21N3O4S/c1-4-27-20-12-10-17(21-22-20)15-6-8-16(9-7-15)23-28(24,25)19-13-14(2)5-11-18(19)26-3/h5-13,23H,4H2,1-3H3. The number of anilines is 1. The lowest BCUT2D eigenvalue weighted by molar-refractivity contribution is 0.323. The minimum Gasteiger partial charge on any atom is -0.495 e. The number of aromatic nitrogens is 2. The van der Waals surface area contributed by atoms with Gasteiger partial charge >= 0.3 is 0 Å². The number of benzene rings is 2. The van der Waals surface area contributed by atoms with Gasteiger partial charge in [0.25, 0.3) is 10.0 Å². The molecule has 7 nitrogen and oxygen atoms in total. The van der Waals surface area contributed by atoms with Gasteiger partial charge in [-0.15, -0.1) is 10.2 Å². The average molecular weight is 399 g/mol. The van der Waals surface area contributed by atoms with Crippen molar-refractivity contribution in [3.05, 3.63) is 60.2 Å². The van der Waals surface area contributed by atoms with E-state index < -0.39 is 10.0 Å². The monoisotopic (exact) mass is 399 g/mol. The summed E-state index contributed by atoms with van der Waals surface area (Å²) < 4.78 is 38.6. The van der Waals surface area contributed by atoms with E-state index in [0.29, 0.717) is 29.6 Å². The van der Waals surface area contributed by atoms with Crippen molar-refractivity contribution in [3.8, 4) is 22.9 Å². The van der Waals surface area contributed by atoms with E-state index in [1.807, 2.05) is 13.8 Å². The Hall–Kier alpha value is -3.13. The molecular weight excluding hydrogens is 378 g/mol. The van der Waals surface area contributed by atoms with Crippen molar-refractivity contribution in [2.45, 2.75) is 18.7 Å². The topological polar surface area (TPSA) is 90.4 Å². The minimum absolute atomic E-state index is 0.0939. The first kappa shape index (κ1) is 19.6. The third-order valence-electron chi connectivity index (χ3n) is 3.97. The van der Waals surface area contributed by atoms with Gasteiger partial charge in [-0.3, -0.25) is 4.72 Å². The van der Waals surface area contributed by atoms with Crippen LogP contribution >= 0.6 is 0 Å². The number of rotatable bonds is 7. The third-order valence-corrected chi connectivity index (χ3v) is 5.38. The molecule has 1 N–H and O–H groups in total. The summed E-state index contributed by atoms with van der Waals surface area (Å²) in [6, 6.07) is 15.4. The highest BCUT2D eigenvalue weighted by atomic mass is 32.2. The first-order valence-corrected chi connectivity index (χ1v) is 10.2. The molecule has 0 spiro atoms. The number of nitrogens with zero attached hydrogens (tertiary/aromatic N) is 2. The van der Waals surface area contributed by atoms with Crippen molar-refractivity contribution < 1.29 is 17.9 Å². The molecule has 0 amide bonds. The van der Waals surface area contributed by atoms with Crippen LogP contribution in [0.4, 0.5) is 5.69 Å². The molecule has 2 aromatic carbocycles. The van der Waals surface area contributed by atoms with E-state index in [-0.39, 0.29) is 4.90 Å². The molecule has 0 aliphatic rings. The second kappa shape index (κ2) is 8.26. The zero-order valence-electron chi connectivity index (χ0n) is 15.8. The lowest BCUT2D eigenvalue weighted by Crippen LogP contribution is -2.14. The van der Waals surface area contributed by atoms with Crippen LogP contribution in [0.5, 0.6) is 11.6 Å². The average Bonchev–Trinajstić information content (AvgIpc) is 2.69. The Morgan fingerprint density at radius 3 is 2.36 bits per heavy atom. The predicted molar refractivity (Wildman–Crippen MR) is 107 cm³/mol. The highest BCUT2D eigenvalue weighted by Gasteiger charge is 2.20. The maximum atomic E-state index is 12.8. The van der Waals surface area contributed by atoms with Gasteiger partial charge in [0.2, 0.25) is 5.88 Å². The van der Waals surface area contributed by atoms with Crippen LogP contribution in [0.1, 0.15) is 12.5 Å². The number of ether oxygens (including phenoxy) is 2. The third kappa shape index (κ3) is 4.40. The summed E-state index contributed by atoms with van der Waals surface area (Å²) in [4.78, 5) is 0.0939. The maximum absolute atomic E-state index is 12.8. The Morgan fingerprint density at radius 1 is 1.00 bits per heavy atom. The summed E-state index contributed by atoms with van der Waals surface area (Å²) in [6.45, 7) is 4.22. The Kier molecular flexibility index (Phi) is 5.79. The highest BCUT2D eigenvalue weighted by molar-refractivity contribution is 7.92. The lowest BCUT2D eigenvalue weighted by atomic mass is 10.1. The number of hydrogen-bond acceptors (Lipinski definition) is 6. The fourth-order valence-corrected chi connectivity index (χ4v) is 3.93. The van der Waals surface area contributed by atoms with Crippen LogP contribution in [-0.2, 0) is 10.0 Å². The predicted octanol–water partition coefficient (Wildman–Crippen LogP) is 3.66. The fraction of sp³-hybridized carbons (Fsp3) is 0.200. The molecule has 28 heavy (non-hydrogen) atoms. The first-order valence-electron chi connectivity index (χ1n) is 8.67. The van der Waals surface area contributed by atoms with Crippen molar-refractivity contribution in [2.75, 3.05) is 18.4 Å². The second-order valence-corrected chi connectivity index (χ2v) is 7.68. The van der Waals surface area contributed by atoms with Crippen LogP contribution in [0.15, 0.2) is 59.5 Å². The van der Waals surface area contributed by atoms with Gasteiger partial charge in [0, 0.05) is 17.3 Å². The van der Waals surface area contributed by atoms with Crippen molar-refractivity contribution in [2.24, 2.45) is 0 Å². The maximum Gasteiger partial charge on any atom is 0.265 e. The number of sulfonamides is 1. The molecule has 1 heterocycles. The molecule has 0 radical (unpaired) electrons. The lowest BCUT2D eigenvalue weighted by Gasteiger charge is -2.12. The van der Waals surface area contributed by atoms with Gasteiger partial charge < -0.3 is 9.47 Å². The molecule has 146 valence electrons. The zero-order chi connectivity index (χ0) is 20.1. The van der Waals surface area contributed by atoms with Crippen molar-refractivity contribution in [1.82, 2.24) is 10.2 Å². The fourth-order valence-electron chi connectivity index (χ4n) is 2.61. The summed E-state index contributed by atoms with van der Waals surface area (Å²) in [5, 5.41) is 8.12. The van der Waals surface area contributed by atoms with Crippen LogP contribution in [0.2, 0.25) is 0 Å². The van der Waals surface area contributed by atoms with Crippen molar-refractivity contribution >= 4 is 15.7 Å². The molecule has 0 unspecified atom stereocenters. The SMILES string of the molecule is CCOc1ccc(-c2ccc(NS(=O)(=O)c3cc(C)ccc3OC)cc2)nn1. The van der Waals surface area contributed by atoms with E-state index in [2.05, 4.69) is 14.9 Å². The van der Waals surface area contributed by atoms with E-state index in [0.717, 1.165) is 11.1 Å². The largest absolute Gasteiger partial charge is 0.495 e. The quantitative estimate of drug-likeness (QED) is 0.652. The van der Waals surface area contributed by atoms with Gasteiger partial charge in [-0.05, 0) is 49.7 Å². The smallest absolute Gasteiger partial charge is 0.265 e. The van der Waals surface area contributed by atoms with Gasteiger partial charge in [-0.2, -0.15) is 0 Å². The summed E-state index contributed by atoms with van der Waals surface area (Å²) in [5.41, 5.74) is 2.74. The first-order chi connectivity index (χ1) is 13.4. The summed E-state index contributed by atoms with van der Waals surface area (Å²) in [6.07, 6.45) is 0. The zero-order valence-corrected chi connectivity index (χ0v) is 16.7. The molecule has 0 atom stereocenters. The van der Waals surface area contributed by atoms with Crippen LogP contribution in [-0.4, -0.2) is 32.3 Å².